The highest BCUT2D eigenvalue weighted by Crippen LogP contribution is 2.24. The molecule has 2 aliphatic heterocycles. The van der Waals surface area contributed by atoms with E-state index in [-0.39, 0.29) is 12.4 Å². The van der Waals surface area contributed by atoms with Crippen LogP contribution in [0.4, 0.5) is 0 Å². The van der Waals surface area contributed by atoms with Crippen molar-refractivity contribution in [3.8, 4) is 0 Å². The lowest BCUT2D eigenvalue weighted by atomic mass is 9.94. The Bertz CT molecular complexity index is 205. The predicted molar refractivity (Wildman–Crippen MR) is 69.0 cm³/mol. The molecule has 0 aliphatic carbocycles. The largest absolute Gasteiger partial charge is 0.361 e. The molecule has 0 amide bonds. The standard InChI is InChI=1S/C12H24N2O.ClH/c1-9(2)14-6-4-11(5-7-14)12-13-10(3)8-15-12;/h9-13H,4-8H2,1-3H3;1H. The highest BCUT2D eigenvalue weighted by Gasteiger charge is 2.31. The Morgan fingerprint density at radius 1 is 1.25 bits per heavy atom. The van der Waals surface area contributed by atoms with Crippen molar-refractivity contribution >= 4 is 12.4 Å². The Morgan fingerprint density at radius 2 is 1.88 bits per heavy atom. The number of nitrogens with zero attached hydrogens (tertiary/aromatic N) is 1. The number of hydrogen-bond donors (Lipinski definition) is 1. The molecule has 2 rings (SSSR count). The summed E-state index contributed by atoms with van der Waals surface area (Å²) >= 11 is 0. The van der Waals surface area contributed by atoms with Crippen LogP contribution in [-0.4, -0.2) is 42.9 Å². The molecule has 2 heterocycles. The molecule has 2 atom stereocenters. The van der Waals surface area contributed by atoms with Crippen molar-refractivity contribution < 1.29 is 4.74 Å². The smallest absolute Gasteiger partial charge is 0.111 e. The first-order valence-electron chi connectivity index (χ1n) is 6.28. The summed E-state index contributed by atoms with van der Waals surface area (Å²) in [7, 11) is 0. The highest BCUT2D eigenvalue weighted by molar-refractivity contribution is 5.85. The van der Waals surface area contributed by atoms with Gasteiger partial charge in [-0.1, -0.05) is 0 Å². The molecule has 16 heavy (non-hydrogen) atoms. The predicted octanol–water partition coefficient (Wildman–Crippen LogP) is 1.86. The summed E-state index contributed by atoms with van der Waals surface area (Å²) in [4.78, 5) is 2.56. The van der Waals surface area contributed by atoms with E-state index < -0.39 is 0 Å². The van der Waals surface area contributed by atoms with Crippen LogP contribution >= 0.6 is 12.4 Å². The molecular formula is C12H25ClN2O. The fourth-order valence-corrected chi connectivity index (χ4v) is 2.64. The first kappa shape index (κ1) is 14.2. The number of rotatable bonds is 2. The number of halogens is 1. The number of piperidine rings is 1. The van der Waals surface area contributed by atoms with Crippen LogP contribution in [-0.2, 0) is 4.74 Å². The lowest BCUT2D eigenvalue weighted by Gasteiger charge is -2.36. The van der Waals surface area contributed by atoms with Crippen LogP contribution in [0, 0.1) is 5.92 Å². The van der Waals surface area contributed by atoms with Crippen LogP contribution in [0.25, 0.3) is 0 Å². The monoisotopic (exact) mass is 248 g/mol. The average molecular weight is 249 g/mol. The molecule has 2 aliphatic rings. The summed E-state index contributed by atoms with van der Waals surface area (Å²) in [6, 6.07) is 1.24. The first-order chi connectivity index (χ1) is 7.16. The third-order valence-corrected chi connectivity index (χ3v) is 3.71. The summed E-state index contributed by atoms with van der Waals surface area (Å²) in [5.41, 5.74) is 0. The van der Waals surface area contributed by atoms with Gasteiger partial charge in [0, 0.05) is 18.0 Å². The number of hydrogen-bond acceptors (Lipinski definition) is 3. The Balaban J connectivity index is 0.00000128. The molecule has 0 aromatic heterocycles. The molecule has 96 valence electrons. The van der Waals surface area contributed by atoms with Crippen molar-refractivity contribution in [3.05, 3.63) is 0 Å². The van der Waals surface area contributed by atoms with Crippen molar-refractivity contribution in [2.75, 3.05) is 19.7 Å². The molecule has 0 bridgehead atoms. The topological polar surface area (TPSA) is 24.5 Å². The maximum atomic E-state index is 5.77. The van der Waals surface area contributed by atoms with Gasteiger partial charge in [0.25, 0.3) is 0 Å². The van der Waals surface area contributed by atoms with Gasteiger partial charge in [0.1, 0.15) is 6.23 Å². The van der Waals surface area contributed by atoms with Gasteiger partial charge >= 0.3 is 0 Å². The second kappa shape index (κ2) is 6.20. The zero-order valence-corrected chi connectivity index (χ0v) is 11.4. The number of ether oxygens (including phenoxy) is 1. The van der Waals surface area contributed by atoms with E-state index in [1.165, 1.54) is 25.9 Å². The van der Waals surface area contributed by atoms with Gasteiger partial charge in [0.05, 0.1) is 6.61 Å². The molecule has 0 spiro atoms. The van der Waals surface area contributed by atoms with Crippen molar-refractivity contribution in [1.82, 2.24) is 10.2 Å². The maximum Gasteiger partial charge on any atom is 0.111 e. The Hall–Kier alpha value is 0.170. The van der Waals surface area contributed by atoms with Crippen LogP contribution in [0.15, 0.2) is 0 Å². The van der Waals surface area contributed by atoms with Crippen molar-refractivity contribution in [2.24, 2.45) is 5.92 Å². The molecule has 0 aromatic carbocycles. The van der Waals surface area contributed by atoms with Gasteiger partial charge in [0.15, 0.2) is 0 Å². The molecule has 1 N–H and O–H groups in total. The van der Waals surface area contributed by atoms with Gasteiger partial charge in [-0.15, -0.1) is 12.4 Å². The zero-order valence-electron chi connectivity index (χ0n) is 10.6. The van der Waals surface area contributed by atoms with Crippen LogP contribution in [0.1, 0.15) is 33.6 Å². The van der Waals surface area contributed by atoms with E-state index in [2.05, 4.69) is 31.0 Å². The van der Waals surface area contributed by atoms with E-state index in [0.29, 0.717) is 18.3 Å². The van der Waals surface area contributed by atoms with Gasteiger partial charge in [-0.2, -0.15) is 0 Å². The third-order valence-electron chi connectivity index (χ3n) is 3.71. The van der Waals surface area contributed by atoms with Crippen molar-refractivity contribution in [1.29, 1.82) is 0 Å². The molecule has 0 aromatic rings. The van der Waals surface area contributed by atoms with Crippen molar-refractivity contribution in [2.45, 2.75) is 51.9 Å². The first-order valence-corrected chi connectivity index (χ1v) is 6.28. The zero-order chi connectivity index (χ0) is 10.8. The molecule has 2 fully saturated rings. The van der Waals surface area contributed by atoms with Crippen LogP contribution < -0.4 is 5.32 Å². The molecule has 0 radical (unpaired) electrons. The minimum absolute atomic E-state index is 0. The van der Waals surface area contributed by atoms with Crippen LogP contribution in [0.2, 0.25) is 0 Å². The van der Waals surface area contributed by atoms with E-state index in [9.17, 15) is 0 Å². The fraction of sp³-hybridized carbons (Fsp3) is 1.00. The second-order valence-electron chi connectivity index (χ2n) is 5.29. The maximum absolute atomic E-state index is 5.77. The average Bonchev–Trinajstić information content (AvgIpc) is 2.65. The lowest BCUT2D eigenvalue weighted by molar-refractivity contribution is 0.0168. The molecule has 4 heteroatoms. The SMILES string of the molecule is CC1COC(C2CCN(C(C)C)CC2)N1.Cl. The Morgan fingerprint density at radius 3 is 2.31 bits per heavy atom. The lowest BCUT2D eigenvalue weighted by Crippen LogP contribution is -2.44. The van der Waals surface area contributed by atoms with E-state index >= 15 is 0 Å². The summed E-state index contributed by atoms with van der Waals surface area (Å²) < 4.78 is 5.77. The summed E-state index contributed by atoms with van der Waals surface area (Å²) in [5, 5.41) is 3.53. The van der Waals surface area contributed by atoms with Gasteiger partial charge < -0.3 is 9.64 Å². The fourth-order valence-electron chi connectivity index (χ4n) is 2.64. The Kier molecular flexibility index (Phi) is 5.51. The van der Waals surface area contributed by atoms with Crippen LogP contribution in [0.5, 0.6) is 0 Å². The Labute approximate surface area is 105 Å². The molecular weight excluding hydrogens is 224 g/mol. The molecule has 2 unspecified atom stereocenters. The molecule has 2 saturated heterocycles. The van der Waals surface area contributed by atoms with E-state index in [4.69, 9.17) is 4.74 Å². The number of nitrogens with one attached hydrogen (secondary N) is 1. The minimum Gasteiger partial charge on any atom is -0.361 e. The second-order valence-corrected chi connectivity index (χ2v) is 5.29. The minimum atomic E-state index is 0. The third kappa shape index (κ3) is 3.33. The summed E-state index contributed by atoms with van der Waals surface area (Å²) in [6.07, 6.45) is 2.89. The van der Waals surface area contributed by atoms with E-state index in [1.54, 1.807) is 0 Å². The highest BCUT2D eigenvalue weighted by atomic mass is 35.5. The van der Waals surface area contributed by atoms with E-state index in [0.717, 1.165) is 12.5 Å². The van der Waals surface area contributed by atoms with Gasteiger partial charge in [-0.25, -0.2) is 0 Å². The van der Waals surface area contributed by atoms with Crippen LogP contribution in [0.3, 0.4) is 0 Å². The van der Waals surface area contributed by atoms with Gasteiger partial charge in [0.2, 0.25) is 0 Å². The van der Waals surface area contributed by atoms with E-state index in [1.807, 2.05) is 0 Å². The normalized spacial score (nSPS) is 33.0. The quantitative estimate of drug-likeness (QED) is 0.808. The van der Waals surface area contributed by atoms with Gasteiger partial charge in [-0.05, 0) is 46.7 Å². The summed E-state index contributed by atoms with van der Waals surface area (Å²) in [6.45, 7) is 10.1. The van der Waals surface area contributed by atoms with Crippen molar-refractivity contribution in [3.63, 3.8) is 0 Å². The van der Waals surface area contributed by atoms with Gasteiger partial charge in [-0.3, -0.25) is 5.32 Å². The molecule has 3 nitrogen and oxygen atoms in total. The number of likely N-dealkylation sites (tertiary alicyclic amines) is 1. The molecule has 0 saturated carbocycles. The summed E-state index contributed by atoms with van der Waals surface area (Å²) in [5.74, 6) is 0.727.